The number of nitrogens with zero attached hydrogens (tertiary/aromatic N) is 2. The minimum Gasteiger partial charge on any atom is -0.464 e. The maximum atomic E-state index is 12.3. The highest BCUT2D eigenvalue weighted by molar-refractivity contribution is 5.96. The molecular formula is C26H36N6O2. The molecule has 0 radical (unpaired) electrons. The van der Waals surface area contributed by atoms with Gasteiger partial charge in [0.25, 0.3) is 5.91 Å². The number of aryl methyl sites for hydroxylation is 1. The molecule has 8 nitrogen and oxygen atoms in total. The molecule has 4 rings (SSSR count). The van der Waals surface area contributed by atoms with Crippen molar-refractivity contribution in [2.45, 2.75) is 57.5 Å². The molecule has 2 amide bonds. The molecule has 1 saturated carbocycles. The summed E-state index contributed by atoms with van der Waals surface area (Å²) in [4.78, 5) is 31.6. The van der Waals surface area contributed by atoms with E-state index >= 15 is 0 Å². The van der Waals surface area contributed by atoms with Crippen LogP contribution >= 0.6 is 0 Å². The molecule has 1 saturated heterocycles. The molecular weight excluding hydrogens is 428 g/mol. The third kappa shape index (κ3) is 6.00. The van der Waals surface area contributed by atoms with Crippen LogP contribution in [0, 0.1) is 6.92 Å². The van der Waals surface area contributed by atoms with Crippen LogP contribution in [0.2, 0.25) is 0 Å². The first-order chi connectivity index (χ1) is 16.4. The average molecular weight is 465 g/mol. The van der Waals surface area contributed by atoms with Crippen molar-refractivity contribution < 1.29 is 14.6 Å². The van der Waals surface area contributed by atoms with Crippen molar-refractivity contribution in [3.63, 3.8) is 0 Å². The van der Waals surface area contributed by atoms with Crippen molar-refractivity contribution in [1.29, 1.82) is 0 Å². The summed E-state index contributed by atoms with van der Waals surface area (Å²) in [7, 11) is 0. The highest BCUT2D eigenvalue weighted by atomic mass is 16.2. The fourth-order valence-electron chi connectivity index (χ4n) is 5.00. The number of amides is 2. The van der Waals surface area contributed by atoms with Gasteiger partial charge < -0.3 is 21.5 Å². The summed E-state index contributed by atoms with van der Waals surface area (Å²) in [5.41, 5.74) is 3.66. The first kappa shape index (κ1) is 24.3. The lowest BCUT2D eigenvalue weighted by Gasteiger charge is -2.46. The van der Waals surface area contributed by atoms with Crippen LogP contribution in [0.1, 0.15) is 60.1 Å². The Morgan fingerprint density at radius 3 is 2.56 bits per heavy atom. The lowest BCUT2D eigenvalue weighted by molar-refractivity contribution is -0.774. The smallest absolute Gasteiger partial charge is 0.251 e. The molecule has 1 aromatic carbocycles. The van der Waals surface area contributed by atoms with Crippen LogP contribution in [0.25, 0.3) is 5.84 Å². The maximum absolute atomic E-state index is 12.3. The zero-order valence-electron chi connectivity index (χ0n) is 20.1. The summed E-state index contributed by atoms with van der Waals surface area (Å²) in [6.07, 6.45) is 6.39. The molecule has 2 aliphatic rings. The Labute approximate surface area is 201 Å². The van der Waals surface area contributed by atoms with E-state index in [1.165, 1.54) is 0 Å². The minimum atomic E-state index is -0.224. The number of hydrogen-bond donors (Lipinski definition) is 3. The zero-order chi connectivity index (χ0) is 24.1. The van der Waals surface area contributed by atoms with E-state index in [1.807, 2.05) is 44.3 Å². The van der Waals surface area contributed by atoms with Gasteiger partial charge in [0, 0.05) is 42.4 Å². The van der Waals surface area contributed by atoms with Crippen molar-refractivity contribution in [2.75, 3.05) is 26.2 Å². The molecule has 0 spiro atoms. The first-order valence-corrected chi connectivity index (χ1v) is 12.3. The van der Waals surface area contributed by atoms with E-state index in [4.69, 9.17) is 5.84 Å². The van der Waals surface area contributed by atoms with E-state index in [0.717, 1.165) is 62.3 Å². The molecule has 34 heavy (non-hydrogen) atoms. The van der Waals surface area contributed by atoms with Crippen molar-refractivity contribution in [2.24, 2.45) is 0 Å². The Hall–Kier alpha value is -2.81. The Kier molecular flexibility index (Phi) is 7.92. The van der Waals surface area contributed by atoms with Gasteiger partial charge in [-0.25, -0.2) is 0 Å². The second kappa shape index (κ2) is 11.1. The van der Waals surface area contributed by atoms with Gasteiger partial charge >= 0.3 is 0 Å². The van der Waals surface area contributed by atoms with E-state index in [1.54, 1.807) is 6.07 Å². The van der Waals surface area contributed by atoms with Crippen molar-refractivity contribution in [1.82, 2.24) is 20.5 Å². The number of quaternary nitrogens is 1. The number of nitrogens with one attached hydrogen (secondary N) is 4. The van der Waals surface area contributed by atoms with Crippen LogP contribution < -0.4 is 15.6 Å². The maximum Gasteiger partial charge on any atom is 0.251 e. The zero-order valence-corrected chi connectivity index (χ0v) is 20.1. The molecule has 4 N–H and O–H groups in total. The van der Waals surface area contributed by atoms with Crippen LogP contribution in [0.15, 0.2) is 42.6 Å². The Morgan fingerprint density at radius 1 is 1.15 bits per heavy atom. The second-order valence-electron chi connectivity index (χ2n) is 9.58. The fraction of sp³-hybridized carbons (Fsp3) is 0.500. The number of carbonyl (C=O) groups is 2. The number of likely N-dealkylation sites (tertiary alicyclic amines) is 1. The summed E-state index contributed by atoms with van der Waals surface area (Å²) in [6, 6.07) is 12.2. The van der Waals surface area contributed by atoms with E-state index in [0.29, 0.717) is 22.5 Å². The van der Waals surface area contributed by atoms with Gasteiger partial charge in [-0.3, -0.25) is 19.5 Å². The van der Waals surface area contributed by atoms with Gasteiger partial charge in [0.05, 0.1) is 25.3 Å². The van der Waals surface area contributed by atoms with Gasteiger partial charge in [0.15, 0.2) is 0 Å². The van der Waals surface area contributed by atoms with Crippen LogP contribution in [0.4, 0.5) is 5.69 Å². The number of aromatic nitrogens is 1. The molecule has 1 aromatic heterocycles. The predicted octanol–water partition coefficient (Wildman–Crippen LogP) is 2.15. The summed E-state index contributed by atoms with van der Waals surface area (Å²) in [6.45, 7) is 6.41. The third-order valence-electron chi connectivity index (χ3n) is 7.08. The molecule has 1 aliphatic carbocycles. The van der Waals surface area contributed by atoms with Crippen LogP contribution in [-0.4, -0.2) is 60.0 Å². The van der Waals surface area contributed by atoms with Crippen LogP contribution in [0.3, 0.4) is 0 Å². The van der Waals surface area contributed by atoms with Gasteiger partial charge in [-0.1, -0.05) is 17.7 Å². The first-order valence-electron chi connectivity index (χ1n) is 12.3. The largest absolute Gasteiger partial charge is 0.464 e. The van der Waals surface area contributed by atoms with Crippen LogP contribution in [0.5, 0.6) is 0 Å². The topological polar surface area (TPSA) is 103 Å². The molecule has 2 fully saturated rings. The fourth-order valence-corrected chi connectivity index (χ4v) is 5.00. The number of pyridine rings is 1. The Bertz CT molecular complexity index is 981. The normalized spacial score (nSPS) is 22.0. The van der Waals surface area contributed by atoms with Gasteiger partial charge in [-0.05, 0) is 57.7 Å². The molecule has 182 valence electrons. The highest BCUT2D eigenvalue weighted by Gasteiger charge is 2.35. The average Bonchev–Trinajstić information content (AvgIpc) is 2.84. The molecule has 2 heterocycles. The summed E-state index contributed by atoms with van der Waals surface area (Å²) in [5.74, 6) is 8.08. The predicted molar refractivity (Wildman–Crippen MR) is 132 cm³/mol. The molecule has 2 aromatic rings. The lowest BCUT2D eigenvalue weighted by atomic mass is 9.82. The molecule has 1 atom stereocenters. The molecule has 8 heteroatoms. The van der Waals surface area contributed by atoms with Gasteiger partial charge in [0.1, 0.15) is 5.69 Å². The van der Waals surface area contributed by atoms with Crippen molar-refractivity contribution in [3.05, 3.63) is 65.3 Å². The SMILES string of the molecule is CC[NH+]([NH-])c1ccc(C2CCC(N3CC(NC(=O)CNC(=O)c4cccc(C)c4)C3)CC2)nc1. The summed E-state index contributed by atoms with van der Waals surface area (Å²) >= 11 is 0. The van der Waals surface area contributed by atoms with Gasteiger partial charge in [0.2, 0.25) is 5.91 Å². The van der Waals surface area contributed by atoms with Gasteiger partial charge in [-0.2, -0.15) is 0 Å². The summed E-state index contributed by atoms with van der Waals surface area (Å²) < 4.78 is 0. The molecule has 1 aliphatic heterocycles. The van der Waals surface area contributed by atoms with Crippen LogP contribution in [-0.2, 0) is 4.79 Å². The van der Waals surface area contributed by atoms with Crippen molar-refractivity contribution in [3.8, 4) is 0 Å². The van der Waals surface area contributed by atoms with Crippen molar-refractivity contribution >= 4 is 17.5 Å². The molecule has 1 unspecified atom stereocenters. The quantitative estimate of drug-likeness (QED) is 0.521. The molecule has 0 bridgehead atoms. The monoisotopic (exact) mass is 464 g/mol. The number of rotatable bonds is 8. The Morgan fingerprint density at radius 2 is 1.91 bits per heavy atom. The van der Waals surface area contributed by atoms with E-state index in [2.05, 4.69) is 26.6 Å². The number of carbonyl (C=O) groups excluding carboxylic acids is 2. The van der Waals surface area contributed by atoms with E-state index in [-0.39, 0.29) is 24.4 Å². The van der Waals surface area contributed by atoms with E-state index in [9.17, 15) is 9.59 Å². The lowest BCUT2D eigenvalue weighted by Crippen LogP contribution is -2.99. The standard InChI is InChI=1S/C26H36N6O2/c1-3-32(27)23-11-12-24(28-14-23)19-7-9-22(10-8-19)31-16-21(17-31)30-25(33)15-29-26(34)20-6-4-5-18(2)13-20/h4-6,11-14,19,21-22,27,32H,3,7-10,15-17H2,1-2H3,(H,29,34)(H,30,33). The number of hydrogen-bond acceptors (Lipinski definition) is 4. The van der Waals surface area contributed by atoms with E-state index < -0.39 is 0 Å². The Balaban J connectivity index is 1.14. The van der Waals surface area contributed by atoms with Gasteiger partial charge in [-0.15, -0.1) is 0 Å². The number of benzene rings is 1. The highest BCUT2D eigenvalue weighted by Crippen LogP contribution is 2.35. The summed E-state index contributed by atoms with van der Waals surface area (Å²) in [5, 5.41) is 6.37. The minimum absolute atomic E-state index is 0.00208. The second-order valence-corrected chi connectivity index (χ2v) is 9.58. The third-order valence-corrected chi connectivity index (χ3v) is 7.08.